The van der Waals surface area contributed by atoms with Gasteiger partial charge in [0, 0.05) is 218 Å². The van der Waals surface area contributed by atoms with Crippen LogP contribution in [0.1, 0.15) is 39.5 Å². The maximum atomic E-state index is 14.9. The number of piperazine rings is 2. The van der Waals surface area contributed by atoms with Crippen molar-refractivity contribution in [2.24, 2.45) is 0 Å². The fraction of sp³-hybridized carbons (Fsp3) is 0.442. The van der Waals surface area contributed by atoms with Crippen LogP contribution in [0, 0.1) is 23.3 Å². The highest BCUT2D eigenvalue weighted by Crippen LogP contribution is 2.38. The van der Waals surface area contributed by atoms with Crippen LogP contribution in [-0.2, 0) is 0 Å². The van der Waals surface area contributed by atoms with Crippen molar-refractivity contribution in [1.82, 2.24) is 98.0 Å². The van der Waals surface area contributed by atoms with Crippen LogP contribution in [0.4, 0.5) is 40.8 Å². The van der Waals surface area contributed by atoms with Gasteiger partial charge in [-0.05, 0) is 157 Å². The van der Waals surface area contributed by atoms with Crippen molar-refractivity contribution in [3.63, 3.8) is 0 Å². The highest BCUT2D eigenvalue weighted by atomic mass is 19.1. The number of nitrogens with zero attached hydrogens (tertiary/aromatic N) is 20. The molecule has 4 N–H and O–H groups in total. The lowest BCUT2D eigenvalue weighted by Gasteiger charge is -2.43. The van der Waals surface area contributed by atoms with Crippen LogP contribution in [0.5, 0.6) is 23.0 Å². The van der Waals surface area contributed by atoms with Gasteiger partial charge in [0.15, 0.2) is 22.6 Å². The molecule has 118 heavy (non-hydrogen) atoms. The Hall–Kier alpha value is -10.8. The van der Waals surface area contributed by atoms with Crippen LogP contribution in [0.2, 0.25) is 0 Å². The highest BCUT2D eigenvalue weighted by Gasteiger charge is 2.38. The fourth-order valence-electron chi connectivity index (χ4n) is 18.4. The summed E-state index contributed by atoms with van der Waals surface area (Å²) in [7, 11) is 4.22. The van der Waals surface area contributed by atoms with Gasteiger partial charge in [0.2, 0.25) is 0 Å². The average Bonchev–Trinajstić information content (AvgIpc) is 1.62. The molecule has 32 heteroatoms. The molecule has 8 aromatic heterocycles. The zero-order chi connectivity index (χ0) is 80.1. The van der Waals surface area contributed by atoms with Crippen molar-refractivity contribution >= 4 is 45.9 Å². The predicted molar refractivity (Wildman–Crippen MR) is 444 cm³/mol. The molecule has 0 saturated carbocycles. The summed E-state index contributed by atoms with van der Waals surface area (Å²) in [6.45, 7) is 24.2. The van der Waals surface area contributed by atoms with E-state index in [9.17, 15) is 17.6 Å². The number of anilines is 4. The molecule has 0 aliphatic carbocycles. The largest absolute Gasteiger partial charge is 0.492 e. The molecule has 22 rings (SSSR count). The average molecular weight is 1610 g/mol. The molecule has 18 heterocycles. The van der Waals surface area contributed by atoms with Gasteiger partial charge in [-0.1, -0.05) is 0 Å². The van der Waals surface area contributed by atoms with Gasteiger partial charge < -0.3 is 50.0 Å². The first-order valence-electron chi connectivity index (χ1n) is 41.6. The molecular weight excluding hydrogens is 1510 g/mol. The van der Waals surface area contributed by atoms with E-state index in [2.05, 4.69) is 119 Å². The number of ether oxygens (including phenoxy) is 4. The summed E-state index contributed by atoms with van der Waals surface area (Å²) in [4.78, 5) is 38.5. The molecule has 6 fully saturated rings. The molecule has 0 amide bonds. The minimum absolute atomic E-state index is 0.0532. The van der Waals surface area contributed by atoms with Crippen molar-refractivity contribution < 1.29 is 36.5 Å². The lowest BCUT2D eigenvalue weighted by molar-refractivity contribution is 0.0305. The minimum Gasteiger partial charge on any atom is -0.492 e. The molecule has 616 valence electrons. The first-order valence-corrected chi connectivity index (χ1v) is 41.6. The Bertz CT molecular complexity index is 5590. The van der Waals surface area contributed by atoms with Gasteiger partial charge in [-0.2, -0.15) is 20.4 Å². The first kappa shape index (κ1) is 77.1. The lowest BCUT2D eigenvalue weighted by Crippen LogP contribution is -2.58. The van der Waals surface area contributed by atoms with Gasteiger partial charge in [0.25, 0.3) is 0 Å². The van der Waals surface area contributed by atoms with Crippen molar-refractivity contribution in [2.75, 3.05) is 179 Å². The third-order valence-corrected chi connectivity index (χ3v) is 24.9. The Kier molecular flexibility index (Phi) is 21.9. The van der Waals surface area contributed by atoms with E-state index in [0.717, 1.165) is 154 Å². The van der Waals surface area contributed by atoms with E-state index >= 15 is 0 Å². The smallest absolute Gasteiger partial charge is 0.165 e. The van der Waals surface area contributed by atoms with Gasteiger partial charge in [-0.25, -0.2) is 55.6 Å². The summed E-state index contributed by atoms with van der Waals surface area (Å²) in [6, 6.07) is 30.1. The number of hydrogen-bond donors (Lipinski definition) is 4. The van der Waals surface area contributed by atoms with Crippen molar-refractivity contribution in [1.29, 1.82) is 0 Å². The Balaban J connectivity index is 0.000000105. The van der Waals surface area contributed by atoms with Crippen molar-refractivity contribution in [2.45, 2.75) is 88.0 Å². The summed E-state index contributed by atoms with van der Waals surface area (Å²) in [5.74, 6) is 4.66. The molecule has 4 aromatic carbocycles. The Labute approximate surface area is 681 Å². The quantitative estimate of drug-likeness (QED) is 0.104. The molecule has 10 atom stereocenters. The number of halogens is 4. The van der Waals surface area contributed by atoms with E-state index in [1.807, 2.05) is 49.1 Å². The number of nitrogens with one attached hydrogen (secondary N) is 4. The maximum absolute atomic E-state index is 14.9. The van der Waals surface area contributed by atoms with Crippen LogP contribution < -0.4 is 45.1 Å². The summed E-state index contributed by atoms with van der Waals surface area (Å²) in [6.07, 6.45) is 19.2. The predicted octanol–water partition coefficient (Wildman–Crippen LogP) is 9.35. The van der Waals surface area contributed by atoms with E-state index in [1.165, 1.54) is 49.9 Å². The number of benzene rings is 4. The zero-order valence-electron chi connectivity index (χ0n) is 66.9. The van der Waals surface area contributed by atoms with E-state index in [4.69, 9.17) is 28.9 Å². The summed E-state index contributed by atoms with van der Waals surface area (Å²) in [5.41, 5.74) is 7.00. The van der Waals surface area contributed by atoms with Crippen molar-refractivity contribution in [3.05, 3.63) is 170 Å². The lowest BCUT2D eigenvalue weighted by atomic mass is 10.1. The van der Waals surface area contributed by atoms with Gasteiger partial charge in [-0.15, -0.1) is 0 Å². The maximum Gasteiger partial charge on any atom is 0.165 e. The standard InChI is InChI=1S/C23H27FN6O.C22H25FN6O.C21H25FN6O.C20H23FN6O/c1-27-9-10-28-13-16-3-2-7-29(16)15-18(14-28)31-17-4-5-21(24)19(11-17)20-12-25-30-8-6-22(27)26-23(20)30;23-20-4-3-16-10-18(20)19-11-25-29-8-5-21(26-22(19)29)24-6-9-27-12-15-2-1-7-28(15)14-17(13-27)30-16;1-14-11-27-8-6-23-20-5-7-28-21(25-20)18(10-24-28)17-9-16(3-4-19(17)22)29-13-15(27)12-26(14)2;1-13-11-26-7-5-22-19-4-6-27-20(25-19)17(10-24-27)16-8-15(2-3-18(16)21)28-12-14(26)9-23-13/h4-6,8,11-12,16,18H,2-3,7,9-10,13-15H2,1H3;3-5,8,10-11,15,17H,1-2,6-7,9,12-14H2,(H,24,26);3-5,7,9-10,14-15H,6,8,11-13H2,1-2H3,(H,23,25);2-4,6,8,10,13-14,23H,5,7,9,11-12H2,1H3,(H,22,25)/t16-,18-;15-,17-;14-,15+;13-,14+/m0011/s1. The molecule has 28 nitrogen and oxygen atoms in total. The normalized spacial score (nSPS) is 24.8. The minimum atomic E-state index is -0.315. The zero-order valence-corrected chi connectivity index (χ0v) is 66.9. The monoisotopic (exact) mass is 1610 g/mol. The second-order valence-electron chi connectivity index (χ2n) is 32.9. The first-order chi connectivity index (χ1) is 57.6. The molecule has 12 aromatic rings. The summed E-state index contributed by atoms with van der Waals surface area (Å²) >= 11 is 0. The number of fused-ring (bicyclic) bond motifs is 24. The third kappa shape index (κ3) is 16.5. The molecule has 6 saturated heterocycles. The molecule has 0 radical (unpaired) electrons. The molecule has 10 aliphatic rings. The molecular formula is C86H100F4N24O4. The molecule has 2 unspecified atom stereocenters. The number of hydrogen-bond acceptors (Lipinski definition) is 24. The highest BCUT2D eigenvalue weighted by molar-refractivity contribution is 5.82. The van der Waals surface area contributed by atoms with Crippen LogP contribution in [0.3, 0.4) is 0 Å². The van der Waals surface area contributed by atoms with E-state index < -0.39 is 0 Å². The van der Waals surface area contributed by atoms with Gasteiger partial charge in [0.1, 0.15) is 95.0 Å². The second kappa shape index (κ2) is 33.5. The van der Waals surface area contributed by atoms with E-state index in [1.54, 1.807) is 91.4 Å². The summed E-state index contributed by atoms with van der Waals surface area (Å²) < 4.78 is 90.7. The topological polar surface area (TPSA) is 232 Å². The van der Waals surface area contributed by atoms with Crippen molar-refractivity contribution in [3.8, 4) is 67.5 Å². The van der Waals surface area contributed by atoms with Crippen LogP contribution in [0.25, 0.3) is 67.1 Å². The van der Waals surface area contributed by atoms with Gasteiger partial charge in [-0.3, -0.25) is 29.4 Å². The van der Waals surface area contributed by atoms with Gasteiger partial charge in [0.05, 0.1) is 36.9 Å². The van der Waals surface area contributed by atoms with Gasteiger partial charge >= 0.3 is 0 Å². The second-order valence-corrected chi connectivity index (χ2v) is 32.9. The number of aromatic nitrogens is 12. The third-order valence-electron chi connectivity index (χ3n) is 24.9. The number of likely N-dealkylation sites (N-methyl/N-ethyl adjacent to an activating group) is 2. The SMILES string of the molecule is CN1CCN2C[C@@H](CN3CCC[C@H]3C2)Oc2ccc(F)c(c2)-c2cnn3ccc1nc23.C[C@@H]1CN2CCNc3ccn4ncc(c4n3)-c3cc(ccc3F)OC[C@@H]2CN1.C[C@@H]1CN2CCNc3ccn4ncc(c4n3)-c3cc(ccc3F)OC[C@@H]2CN1C.Fc1ccc2cc1-c1cnn3ccc(nc13)NCCN1C[C@@H](CN3CCC[C@H]3C1)O2. The molecule has 10 aliphatic heterocycles. The van der Waals surface area contributed by atoms with E-state index in [-0.39, 0.29) is 47.6 Å². The Morgan fingerprint density at radius 2 is 0.797 bits per heavy atom. The van der Waals surface area contributed by atoms with Crippen LogP contribution in [0.15, 0.2) is 147 Å². The van der Waals surface area contributed by atoms with E-state index in [0.29, 0.717) is 127 Å². The summed E-state index contributed by atoms with van der Waals surface area (Å²) in [5, 5.41) is 31.1. The Morgan fingerprint density at radius 1 is 0.381 bits per heavy atom. The number of rotatable bonds is 0. The Morgan fingerprint density at radius 3 is 1.29 bits per heavy atom. The van der Waals surface area contributed by atoms with Crippen LogP contribution >= 0.6 is 0 Å². The van der Waals surface area contributed by atoms with Crippen LogP contribution in [-0.4, -0.2) is 299 Å². The fourth-order valence-corrected chi connectivity index (χ4v) is 18.4. The molecule has 0 spiro atoms. The molecule has 20 bridgehead atoms.